The third-order valence-corrected chi connectivity index (χ3v) is 5.16. The Labute approximate surface area is 158 Å². The first-order valence-corrected chi connectivity index (χ1v) is 9.19. The molecule has 0 saturated carbocycles. The van der Waals surface area contributed by atoms with Gasteiger partial charge in [-0.3, -0.25) is 0 Å². The Hall–Kier alpha value is -1.74. The highest BCUT2D eigenvalue weighted by Crippen LogP contribution is 2.37. The highest BCUT2D eigenvalue weighted by atomic mass is 79.9. The molecule has 5 nitrogen and oxygen atoms in total. The SMILES string of the molecule is COc1ccc(Br)c(CC2(C#N)CCN(C(=O)OC(C)(C)C)CC2)c1. The molecule has 1 amide bonds. The molecular weight excluding hydrogens is 384 g/mol. The van der Waals surface area contributed by atoms with Crippen LogP contribution in [0.3, 0.4) is 0 Å². The lowest BCUT2D eigenvalue weighted by Gasteiger charge is -2.38. The maximum Gasteiger partial charge on any atom is 0.410 e. The van der Waals surface area contributed by atoms with E-state index in [9.17, 15) is 10.1 Å². The van der Waals surface area contributed by atoms with Crippen LogP contribution in [0.2, 0.25) is 0 Å². The first-order chi connectivity index (χ1) is 11.7. The van der Waals surface area contributed by atoms with Crippen LogP contribution in [0.25, 0.3) is 0 Å². The molecular formula is C19H25BrN2O3. The first kappa shape index (κ1) is 19.6. The van der Waals surface area contributed by atoms with Gasteiger partial charge >= 0.3 is 6.09 Å². The average molecular weight is 409 g/mol. The summed E-state index contributed by atoms with van der Waals surface area (Å²) in [6, 6.07) is 8.29. The molecule has 1 heterocycles. The Bertz CT molecular complexity index is 668. The lowest BCUT2D eigenvalue weighted by molar-refractivity contribution is 0.0148. The number of ether oxygens (including phenoxy) is 2. The van der Waals surface area contributed by atoms with Crippen LogP contribution in [0.1, 0.15) is 39.2 Å². The lowest BCUT2D eigenvalue weighted by Crippen LogP contribution is -2.45. The van der Waals surface area contributed by atoms with Gasteiger partial charge in [-0.2, -0.15) is 5.26 Å². The quantitative estimate of drug-likeness (QED) is 0.735. The van der Waals surface area contributed by atoms with Crippen LogP contribution in [0.4, 0.5) is 4.79 Å². The molecule has 1 saturated heterocycles. The summed E-state index contributed by atoms with van der Waals surface area (Å²) in [6.07, 6.45) is 1.59. The number of piperidine rings is 1. The number of nitrogens with zero attached hydrogens (tertiary/aromatic N) is 2. The topological polar surface area (TPSA) is 62.6 Å². The van der Waals surface area contributed by atoms with Crippen LogP contribution in [-0.2, 0) is 11.2 Å². The summed E-state index contributed by atoms with van der Waals surface area (Å²) in [4.78, 5) is 13.9. The number of halogens is 1. The third kappa shape index (κ3) is 5.12. The fourth-order valence-corrected chi connectivity index (χ4v) is 3.34. The first-order valence-electron chi connectivity index (χ1n) is 8.40. The zero-order chi connectivity index (χ0) is 18.7. The molecule has 0 spiro atoms. The maximum atomic E-state index is 12.2. The van der Waals surface area contributed by atoms with E-state index >= 15 is 0 Å². The number of amides is 1. The maximum absolute atomic E-state index is 12.2. The van der Waals surface area contributed by atoms with Crippen LogP contribution in [-0.4, -0.2) is 36.8 Å². The molecule has 0 aromatic heterocycles. The van der Waals surface area contributed by atoms with E-state index in [0.717, 1.165) is 15.8 Å². The molecule has 1 aromatic carbocycles. The lowest BCUT2D eigenvalue weighted by atomic mass is 9.75. The Morgan fingerprint density at radius 1 is 1.36 bits per heavy atom. The van der Waals surface area contributed by atoms with Gasteiger partial charge in [0.15, 0.2) is 0 Å². The third-order valence-electron chi connectivity index (χ3n) is 4.39. The summed E-state index contributed by atoms with van der Waals surface area (Å²) in [5, 5.41) is 9.80. The Morgan fingerprint density at radius 2 is 2.00 bits per heavy atom. The largest absolute Gasteiger partial charge is 0.497 e. The molecule has 0 bridgehead atoms. The molecule has 2 rings (SSSR count). The van der Waals surface area contributed by atoms with Gasteiger partial charge in [-0.1, -0.05) is 15.9 Å². The van der Waals surface area contributed by atoms with Crippen molar-refractivity contribution in [1.29, 1.82) is 5.26 Å². The molecule has 1 aromatic rings. The van der Waals surface area contributed by atoms with Gasteiger partial charge in [-0.15, -0.1) is 0 Å². The van der Waals surface area contributed by atoms with E-state index in [1.54, 1.807) is 12.0 Å². The molecule has 0 atom stereocenters. The minimum Gasteiger partial charge on any atom is -0.497 e. The average Bonchev–Trinajstić information content (AvgIpc) is 2.56. The monoisotopic (exact) mass is 408 g/mol. The van der Waals surface area contributed by atoms with Gasteiger partial charge in [-0.25, -0.2) is 4.79 Å². The molecule has 0 unspecified atom stereocenters. The fourth-order valence-electron chi connectivity index (χ4n) is 2.95. The van der Waals surface area contributed by atoms with Crippen molar-refractivity contribution in [1.82, 2.24) is 4.90 Å². The van der Waals surface area contributed by atoms with Crippen molar-refractivity contribution in [2.24, 2.45) is 5.41 Å². The van der Waals surface area contributed by atoms with Crippen LogP contribution >= 0.6 is 15.9 Å². The second-order valence-corrected chi connectivity index (χ2v) is 8.35. The number of hydrogen-bond acceptors (Lipinski definition) is 4. The molecule has 0 N–H and O–H groups in total. The second-order valence-electron chi connectivity index (χ2n) is 7.49. The summed E-state index contributed by atoms with van der Waals surface area (Å²) in [7, 11) is 1.63. The number of methoxy groups -OCH3 is 1. The molecule has 136 valence electrons. The molecule has 1 aliphatic heterocycles. The summed E-state index contributed by atoms with van der Waals surface area (Å²) >= 11 is 3.56. The van der Waals surface area contributed by atoms with Gasteiger partial charge < -0.3 is 14.4 Å². The summed E-state index contributed by atoms with van der Waals surface area (Å²) < 4.78 is 11.7. The van der Waals surface area contributed by atoms with Gasteiger partial charge in [0.25, 0.3) is 0 Å². The van der Waals surface area contributed by atoms with Crippen LogP contribution < -0.4 is 4.74 Å². The minimum atomic E-state index is -0.508. The van der Waals surface area contributed by atoms with Crippen molar-refractivity contribution < 1.29 is 14.3 Å². The highest BCUT2D eigenvalue weighted by molar-refractivity contribution is 9.10. The minimum absolute atomic E-state index is 0.304. The normalized spacial score (nSPS) is 16.9. The zero-order valence-electron chi connectivity index (χ0n) is 15.3. The number of rotatable bonds is 3. The van der Waals surface area contributed by atoms with Gasteiger partial charge in [0.2, 0.25) is 0 Å². The van der Waals surface area contributed by atoms with E-state index in [4.69, 9.17) is 9.47 Å². The van der Waals surface area contributed by atoms with Crippen molar-refractivity contribution in [3.05, 3.63) is 28.2 Å². The van der Waals surface area contributed by atoms with Crippen LogP contribution in [0.15, 0.2) is 22.7 Å². The van der Waals surface area contributed by atoms with Gasteiger partial charge in [0.05, 0.1) is 18.6 Å². The van der Waals surface area contributed by atoms with Gasteiger partial charge in [-0.05, 0) is 63.8 Å². The van der Waals surface area contributed by atoms with Crippen LogP contribution in [0.5, 0.6) is 5.75 Å². The van der Waals surface area contributed by atoms with Crippen molar-refractivity contribution in [3.63, 3.8) is 0 Å². The number of nitriles is 1. The van der Waals surface area contributed by atoms with E-state index in [1.165, 1.54) is 0 Å². The van der Waals surface area contributed by atoms with Gasteiger partial charge in [0.1, 0.15) is 11.4 Å². The van der Waals surface area contributed by atoms with E-state index in [0.29, 0.717) is 32.4 Å². The molecule has 6 heteroatoms. The number of likely N-dealkylation sites (tertiary alicyclic amines) is 1. The molecule has 0 aliphatic carbocycles. The summed E-state index contributed by atoms with van der Waals surface area (Å²) in [5.74, 6) is 0.775. The van der Waals surface area contributed by atoms with E-state index in [-0.39, 0.29) is 6.09 Å². The number of benzene rings is 1. The standard InChI is InChI=1S/C19H25BrN2O3/c1-18(2,3)25-17(23)22-9-7-19(13-21,8-10-22)12-14-11-15(24-4)5-6-16(14)20/h5-6,11H,7-10,12H2,1-4H3. The molecule has 0 radical (unpaired) electrons. The van der Waals surface area contributed by atoms with Crippen molar-refractivity contribution in [3.8, 4) is 11.8 Å². The van der Waals surface area contributed by atoms with Gasteiger partial charge in [0, 0.05) is 17.6 Å². The van der Waals surface area contributed by atoms with E-state index < -0.39 is 11.0 Å². The van der Waals surface area contributed by atoms with Crippen molar-refractivity contribution >= 4 is 22.0 Å². The fraction of sp³-hybridized carbons (Fsp3) is 0.579. The van der Waals surface area contributed by atoms with Crippen molar-refractivity contribution in [2.75, 3.05) is 20.2 Å². The molecule has 25 heavy (non-hydrogen) atoms. The Morgan fingerprint density at radius 3 is 2.52 bits per heavy atom. The number of hydrogen-bond donors (Lipinski definition) is 0. The number of carbonyl (C=O) groups excluding carboxylic acids is 1. The molecule has 1 aliphatic rings. The second kappa shape index (κ2) is 7.65. The van der Waals surface area contributed by atoms with Crippen LogP contribution in [0, 0.1) is 16.7 Å². The van der Waals surface area contributed by atoms with E-state index in [1.807, 2.05) is 39.0 Å². The summed E-state index contributed by atoms with van der Waals surface area (Å²) in [6.45, 7) is 6.63. The summed E-state index contributed by atoms with van der Waals surface area (Å²) in [5.41, 5.74) is 0.0614. The van der Waals surface area contributed by atoms with E-state index in [2.05, 4.69) is 22.0 Å². The highest BCUT2D eigenvalue weighted by Gasteiger charge is 2.37. The predicted octanol–water partition coefficient (Wildman–Crippen LogP) is 4.54. The Balaban J connectivity index is 2.07. The van der Waals surface area contributed by atoms with Crippen molar-refractivity contribution in [2.45, 2.75) is 45.6 Å². The Kier molecular flexibility index (Phi) is 5.99. The molecule has 1 fully saturated rings. The number of carbonyl (C=O) groups is 1. The smallest absolute Gasteiger partial charge is 0.410 e. The zero-order valence-corrected chi connectivity index (χ0v) is 16.9. The predicted molar refractivity (Wildman–Crippen MR) is 99.5 cm³/mol.